The fourth-order valence-corrected chi connectivity index (χ4v) is 3.78. The Morgan fingerprint density at radius 3 is 2.81 bits per heavy atom. The van der Waals surface area contributed by atoms with Crippen molar-refractivity contribution in [3.63, 3.8) is 0 Å². The molecule has 0 radical (unpaired) electrons. The number of fused-ring (bicyclic) bond motifs is 1. The predicted octanol–water partition coefficient (Wildman–Crippen LogP) is 3.20. The summed E-state index contributed by atoms with van der Waals surface area (Å²) in [6, 6.07) is 5.25. The fraction of sp³-hybridized carbons (Fsp3) is 0.176. The average molecular weight is 388 g/mol. The summed E-state index contributed by atoms with van der Waals surface area (Å²) >= 11 is 1.13. The van der Waals surface area contributed by atoms with Gasteiger partial charge in [-0.3, -0.25) is 14.9 Å². The zero-order valence-electron chi connectivity index (χ0n) is 14.5. The van der Waals surface area contributed by atoms with Gasteiger partial charge in [0.15, 0.2) is 0 Å². The third-order valence-electron chi connectivity index (χ3n) is 3.86. The number of thiophene rings is 1. The van der Waals surface area contributed by atoms with E-state index in [2.05, 4.69) is 10.3 Å². The van der Waals surface area contributed by atoms with Crippen LogP contribution in [0.5, 0.6) is 5.75 Å². The number of rotatable bonds is 5. The highest BCUT2D eigenvalue weighted by Crippen LogP contribution is 2.37. The monoisotopic (exact) mass is 388 g/mol. The van der Waals surface area contributed by atoms with Crippen molar-refractivity contribution in [1.82, 2.24) is 4.98 Å². The molecule has 0 saturated carbocycles. The van der Waals surface area contributed by atoms with Crippen molar-refractivity contribution < 1.29 is 19.6 Å². The molecule has 3 aromatic rings. The largest absolute Gasteiger partial charge is 0.506 e. The number of phenols is 1. The van der Waals surface area contributed by atoms with E-state index in [1.807, 2.05) is 13.0 Å². The number of aromatic nitrogens is 1. The van der Waals surface area contributed by atoms with Crippen LogP contribution in [0.1, 0.15) is 20.9 Å². The molecule has 0 saturated heterocycles. The molecule has 1 aromatic carbocycles. The van der Waals surface area contributed by atoms with Crippen LogP contribution in [0.4, 0.5) is 17.1 Å². The summed E-state index contributed by atoms with van der Waals surface area (Å²) in [5, 5.41) is 23.8. The number of phenolic OH excluding ortho intramolecular Hbond substituents is 1. The molecule has 10 heteroatoms. The number of hydrogen-bond acceptors (Lipinski definition) is 8. The summed E-state index contributed by atoms with van der Waals surface area (Å²) in [5.41, 5.74) is 7.81. The molecule has 4 N–H and O–H groups in total. The number of carbonyl (C=O) groups excluding carboxylic acids is 1. The molecule has 0 atom stereocenters. The number of carbonyl (C=O) groups is 1. The summed E-state index contributed by atoms with van der Waals surface area (Å²) in [6.45, 7) is 2.16. The Balaban J connectivity index is 1.98. The van der Waals surface area contributed by atoms with E-state index < -0.39 is 16.6 Å². The van der Waals surface area contributed by atoms with E-state index in [1.165, 1.54) is 12.1 Å². The number of hydrogen-bond donors (Lipinski definition) is 3. The van der Waals surface area contributed by atoms with Crippen molar-refractivity contribution in [2.45, 2.75) is 13.5 Å². The lowest BCUT2D eigenvalue weighted by Gasteiger charge is -2.07. The number of nitrogens with zero attached hydrogens (tertiary/aromatic N) is 2. The maximum absolute atomic E-state index is 12.6. The molecule has 0 unspecified atom stereocenters. The number of nitrogens with two attached hydrogens (primary N) is 1. The van der Waals surface area contributed by atoms with Crippen molar-refractivity contribution in [2.75, 3.05) is 18.2 Å². The zero-order valence-corrected chi connectivity index (χ0v) is 15.3. The molecule has 3 rings (SSSR count). The van der Waals surface area contributed by atoms with Gasteiger partial charge in [-0.15, -0.1) is 11.3 Å². The number of nitro groups is 1. The van der Waals surface area contributed by atoms with Gasteiger partial charge in [-0.2, -0.15) is 0 Å². The lowest BCUT2D eigenvalue weighted by atomic mass is 10.1. The minimum absolute atomic E-state index is 0.0451. The normalized spacial score (nSPS) is 10.9. The Labute approximate surface area is 157 Å². The van der Waals surface area contributed by atoms with Gasteiger partial charge in [0.05, 0.1) is 29.0 Å². The first kappa shape index (κ1) is 18.5. The van der Waals surface area contributed by atoms with E-state index in [0.29, 0.717) is 16.8 Å². The van der Waals surface area contributed by atoms with Gasteiger partial charge in [0.25, 0.3) is 11.6 Å². The van der Waals surface area contributed by atoms with Crippen LogP contribution in [-0.4, -0.2) is 28.0 Å². The quantitative estimate of drug-likeness (QED) is 0.346. The summed E-state index contributed by atoms with van der Waals surface area (Å²) in [4.78, 5) is 28.0. The number of nitro benzene ring substituents is 1. The van der Waals surface area contributed by atoms with Crippen LogP contribution >= 0.6 is 11.3 Å². The summed E-state index contributed by atoms with van der Waals surface area (Å²) in [6.07, 6.45) is 0. The van der Waals surface area contributed by atoms with Crippen LogP contribution in [0, 0.1) is 17.0 Å². The first-order valence-corrected chi connectivity index (χ1v) is 8.59. The van der Waals surface area contributed by atoms with Gasteiger partial charge in [-0.05, 0) is 24.6 Å². The third kappa shape index (κ3) is 3.52. The molecule has 27 heavy (non-hydrogen) atoms. The van der Waals surface area contributed by atoms with Gasteiger partial charge in [0, 0.05) is 24.3 Å². The maximum atomic E-state index is 12.6. The molecule has 9 nitrogen and oxygen atoms in total. The molecule has 0 fully saturated rings. The van der Waals surface area contributed by atoms with Gasteiger partial charge in [-0.1, -0.05) is 0 Å². The second kappa shape index (κ2) is 7.17. The number of nitrogen functional groups attached to an aromatic ring is 1. The van der Waals surface area contributed by atoms with Crippen molar-refractivity contribution >= 4 is 44.5 Å². The maximum Gasteiger partial charge on any atom is 0.273 e. The van der Waals surface area contributed by atoms with Crippen molar-refractivity contribution in [1.29, 1.82) is 0 Å². The Morgan fingerprint density at radius 2 is 2.19 bits per heavy atom. The minimum Gasteiger partial charge on any atom is -0.506 e. The van der Waals surface area contributed by atoms with Crippen molar-refractivity contribution in [2.24, 2.45) is 0 Å². The molecular formula is C17H16N4O5S. The van der Waals surface area contributed by atoms with Gasteiger partial charge >= 0.3 is 0 Å². The van der Waals surface area contributed by atoms with Crippen molar-refractivity contribution in [3.8, 4) is 5.75 Å². The molecule has 0 aliphatic carbocycles. The lowest BCUT2D eigenvalue weighted by molar-refractivity contribution is -0.384. The highest BCUT2D eigenvalue weighted by molar-refractivity contribution is 7.21. The number of aromatic hydroxyl groups is 1. The van der Waals surface area contributed by atoms with Crippen LogP contribution in [0.25, 0.3) is 10.2 Å². The fourth-order valence-electron chi connectivity index (χ4n) is 2.69. The SMILES string of the molecule is COCc1cc(C)nc2sc(C(=O)Nc3ccc([N+](=O)[O-])cc3O)c(N)c12. The number of ether oxygens (including phenoxy) is 1. The zero-order chi connectivity index (χ0) is 19.7. The van der Waals surface area contributed by atoms with E-state index in [-0.39, 0.29) is 21.9 Å². The average Bonchev–Trinajstić information content (AvgIpc) is 2.93. The van der Waals surface area contributed by atoms with E-state index in [1.54, 1.807) is 7.11 Å². The van der Waals surface area contributed by atoms with E-state index in [9.17, 15) is 20.0 Å². The molecule has 0 spiro atoms. The lowest BCUT2D eigenvalue weighted by Crippen LogP contribution is -2.12. The van der Waals surface area contributed by atoms with Crippen LogP contribution < -0.4 is 11.1 Å². The second-order valence-electron chi connectivity index (χ2n) is 5.79. The Morgan fingerprint density at radius 1 is 1.44 bits per heavy atom. The number of methoxy groups -OCH3 is 1. The molecular weight excluding hydrogens is 372 g/mol. The first-order chi connectivity index (χ1) is 12.8. The van der Waals surface area contributed by atoms with Gasteiger partial charge < -0.3 is 20.9 Å². The standard InChI is InChI=1S/C17H16N4O5S/c1-8-5-9(7-26-2)13-14(18)15(27-17(13)19-8)16(23)20-11-4-3-10(21(24)25)6-12(11)22/h3-6,22H,7,18H2,1-2H3,(H,20,23). The number of anilines is 2. The molecule has 1 amide bonds. The predicted molar refractivity (Wildman–Crippen MR) is 102 cm³/mol. The van der Waals surface area contributed by atoms with Gasteiger partial charge in [-0.25, -0.2) is 4.98 Å². The molecule has 0 bridgehead atoms. The number of nitrogens with one attached hydrogen (secondary N) is 1. The van der Waals surface area contributed by atoms with Crippen molar-refractivity contribution in [3.05, 3.63) is 50.5 Å². The minimum atomic E-state index is -0.638. The van der Waals surface area contributed by atoms with Crippen LogP contribution in [0.15, 0.2) is 24.3 Å². The Hall–Kier alpha value is -3.24. The number of non-ortho nitro benzene ring substituents is 1. The summed E-state index contributed by atoms with van der Waals surface area (Å²) in [5.74, 6) is -0.952. The van der Waals surface area contributed by atoms with Crippen LogP contribution in [0.3, 0.4) is 0 Å². The number of amides is 1. The molecule has 0 aliphatic heterocycles. The smallest absolute Gasteiger partial charge is 0.273 e. The molecule has 2 aromatic heterocycles. The first-order valence-electron chi connectivity index (χ1n) is 7.78. The van der Waals surface area contributed by atoms with Crippen LogP contribution in [-0.2, 0) is 11.3 Å². The number of benzene rings is 1. The second-order valence-corrected chi connectivity index (χ2v) is 6.79. The number of aryl methyl sites for hydroxylation is 1. The van der Waals surface area contributed by atoms with E-state index in [4.69, 9.17) is 10.5 Å². The highest BCUT2D eigenvalue weighted by atomic mass is 32.1. The molecule has 0 aliphatic rings. The number of pyridine rings is 1. The van der Waals surface area contributed by atoms with Gasteiger partial charge in [0.2, 0.25) is 0 Å². The Bertz CT molecular complexity index is 1060. The topological polar surface area (TPSA) is 141 Å². The van der Waals surface area contributed by atoms with Gasteiger partial charge in [0.1, 0.15) is 15.5 Å². The highest BCUT2D eigenvalue weighted by Gasteiger charge is 2.21. The van der Waals surface area contributed by atoms with E-state index in [0.717, 1.165) is 28.7 Å². The summed E-state index contributed by atoms with van der Waals surface area (Å²) in [7, 11) is 1.56. The van der Waals surface area contributed by atoms with E-state index >= 15 is 0 Å². The molecule has 2 heterocycles. The Kier molecular flexibility index (Phi) is 4.93. The molecule has 140 valence electrons. The summed E-state index contributed by atoms with van der Waals surface area (Å²) < 4.78 is 5.19. The van der Waals surface area contributed by atoms with Crippen LogP contribution in [0.2, 0.25) is 0 Å². The third-order valence-corrected chi connectivity index (χ3v) is 4.95.